The Hall–Kier alpha value is -1.87. The first-order valence-electron chi connectivity index (χ1n) is 6.63. The van der Waals surface area contributed by atoms with Crippen LogP contribution in [0, 0.1) is 0 Å². The van der Waals surface area contributed by atoms with Crippen LogP contribution >= 0.6 is 15.9 Å². The lowest BCUT2D eigenvalue weighted by Gasteiger charge is -2.14. The number of nitrogens with one attached hydrogen (secondary N) is 1. The molecule has 2 nitrogen and oxygen atoms in total. The molecule has 0 radical (unpaired) electrons. The quantitative estimate of drug-likeness (QED) is 0.702. The lowest BCUT2D eigenvalue weighted by Crippen LogP contribution is -2.04. The molecule has 0 unspecified atom stereocenters. The van der Waals surface area contributed by atoms with E-state index in [4.69, 9.17) is 0 Å². The van der Waals surface area contributed by atoms with Gasteiger partial charge in [-0.25, -0.2) is 0 Å². The molecule has 0 fully saturated rings. The summed E-state index contributed by atoms with van der Waals surface area (Å²) in [6, 6.07) is 18.7. The van der Waals surface area contributed by atoms with Crippen molar-refractivity contribution in [3.63, 3.8) is 0 Å². The van der Waals surface area contributed by atoms with Crippen molar-refractivity contribution in [2.75, 3.05) is 17.2 Å². The normalized spacial score (nSPS) is 10.7. The second-order valence-corrected chi connectivity index (χ2v) is 5.33. The molecule has 100 valence electrons. The van der Waals surface area contributed by atoms with Gasteiger partial charge in [-0.3, -0.25) is 4.98 Å². The topological polar surface area (TPSA) is 24.9 Å². The molecule has 0 spiro atoms. The monoisotopic (exact) mass is 326 g/mol. The van der Waals surface area contributed by atoms with Crippen LogP contribution in [0.1, 0.15) is 0 Å². The SMILES string of the molecule is BrCCNc1ccc2ccccc2c1-c1ccccn1. The predicted molar refractivity (Wildman–Crippen MR) is 89.5 cm³/mol. The fourth-order valence-electron chi connectivity index (χ4n) is 2.39. The molecule has 0 amide bonds. The maximum absolute atomic E-state index is 4.52. The van der Waals surface area contributed by atoms with Crippen LogP contribution in [0.3, 0.4) is 0 Å². The Labute approximate surface area is 127 Å². The van der Waals surface area contributed by atoms with Crippen molar-refractivity contribution in [1.29, 1.82) is 0 Å². The lowest BCUT2D eigenvalue weighted by molar-refractivity contribution is 1.24. The van der Waals surface area contributed by atoms with Crippen LogP contribution in [0.5, 0.6) is 0 Å². The summed E-state index contributed by atoms with van der Waals surface area (Å²) in [5.41, 5.74) is 3.30. The second-order valence-electron chi connectivity index (χ2n) is 4.54. The second kappa shape index (κ2) is 6.06. The highest BCUT2D eigenvalue weighted by Gasteiger charge is 2.10. The molecule has 20 heavy (non-hydrogen) atoms. The summed E-state index contributed by atoms with van der Waals surface area (Å²) < 4.78 is 0. The van der Waals surface area contributed by atoms with Crippen LogP contribution < -0.4 is 5.32 Å². The zero-order valence-electron chi connectivity index (χ0n) is 11.0. The van der Waals surface area contributed by atoms with Crippen molar-refractivity contribution in [3.8, 4) is 11.3 Å². The molecule has 1 aromatic heterocycles. The summed E-state index contributed by atoms with van der Waals surface area (Å²) >= 11 is 3.46. The van der Waals surface area contributed by atoms with Gasteiger partial charge in [-0.1, -0.05) is 52.3 Å². The molecule has 1 heterocycles. The third-order valence-corrected chi connectivity index (χ3v) is 3.66. The van der Waals surface area contributed by atoms with Crippen molar-refractivity contribution < 1.29 is 0 Å². The molecule has 0 aliphatic heterocycles. The van der Waals surface area contributed by atoms with E-state index in [-0.39, 0.29) is 0 Å². The molecule has 0 atom stereocenters. The van der Waals surface area contributed by atoms with Gasteiger partial charge in [0.15, 0.2) is 0 Å². The van der Waals surface area contributed by atoms with E-state index in [1.165, 1.54) is 16.3 Å². The molecule has 1 N–H and O–H groups in total. The van der Waals surface area contributed by atoms with Gasteiger partial charge in [0.05, 0.1) is 5.69 Å². The van der Waals surface area contributed by atoms with Gasteiger partial charge in [0.1, 0.15) is 0 Å². The number of alkyl halides is 1. The Balaban J connectivity index is 2.23. The van der Waals surface area contributed by atoms with Crippen LogP contribution in [0.2, 0.25) is 0 Å². The molecule has 0 bridgehead atoms. The number of hydrogen-bond acceptors (Lipinski definition) is 2. The first kappa shape index (κ1) is 13.1. The van der Waals surface area contributed by atoms with Gasteiger partial charge >= 0.3 is 0 Å². The molecule has 3 heteroatoms. The number of fused-ring (bicyclic) bond motifs is 1. The zero-order chi connectivity index (χ0) is 13.8. The number of pyridine rings is 1. The molecule has 3 aromatic rings. The Morgan fingerprint density at radius 1 is 0.950 bits per heavy atom. The van der Waals surface area contributed by atoms with Gasteiger partial charge in [0, 0.05) is 29.3 Å². The van der Waals surface area contributed by atoms with Crippen LogP contribution in [0.4, 0.5) is 5.69 Å². The Kier molecular flexibility index (Phi) is 3.97. The number of rotatable bonds is 4. The first-order chi connectivity index (χ1) is 9.90. The van der Waals surface area contributed by atoms with Gasteiger partial charge in [-0.2, -0.15) is 0 Å². The number of aromatic nitrogens is 1. The molecule has 0 aliphatic carbocycles. The van der Waals surface area contributed by atoms with Gasteiger partial charge in [-0.15, -0.1) is 0 Å². The van der Waals surface area contributed by atoms with E-state index in [0.29, 0.717) is 0 Å². The third kappa shape index (κ3) is 2.54. The summed E-state index contributed by atoms with van der Waals surface area (Å²) in [5, 5.41) is 6.85. The summed E-state index contributed by atoms with van der Waals surface area (Å²) in [6.07, 6.45) is 1.84. The van der Waals surface area contributed by atoms with E-state index in [2.05, 4.69) is 68.7 Å². The minimum atomic E-state index is 0.887. The van der Waals surface area contributed by atoms with E-state index in [1.807, 2.05) is 18.3 Å². The van der Waals surface area contributed by atoms with Crippen LogP contribution in [0.15, 0.2) is 60.8 Å². The van der Waals surface area contributed by atoms with Crippen molar-refractivity contribution in [2.45, 2.75) is 0 Å². The number of benzene rings is 2. The zero-order valence-corrected chi connectivity index (χ0v) is 12.6. The van der Waals surface area contributed by atoms with Crippen molar-refractivity contribution >= 4 is 32.4 Å². The molecular weight excluding hydrogens is 312 g/mol. The van der Waals surface area contributed by atoms with E-state index in [0.717, 1.165) is 23.3 Å². The standard InChI is InChI=1S/C17H15BrN2/c18-10-12-20-16-9-8-13-5-1-2-6-14(13)17(16)15-7-3-4-11-19-15/h1-9,11,20H,10,12H2. The summed E-state index contributed by atoms with van der Waals surface area (Å²) in [4.78, 5) is 4.52. The maximum Gasteiger partial charge on any atom is 0.0728 e. The van der Waals surface area contributed by atoms with Crippen LogP contribution in [-0.2, 0) is 0 Å². The number of nitrogens with zero attached hydrogens (tertiary/aromatic N) is 1. The fourth-order valence-corrected chi connectivity index (χ4v) is 2.59. The minimum absolute atomic E-state index is 0.887. The van der Waals surface area contributed by atoms with Gasteiger partial charge < -0.3 is 5.32 Å². The van der Waals surface area contributed by atoms with E-state index in [1.54, 1.807) is 0 Å². The highest BCUT2D eigenvalue weighted by atomic mass is 79.9. The number of halogens is 1. The van der Waals surface area contributed by atoms with E-state index >= 15 is 0 Å². The molecule has 3 rings (SSSR count). The predicted octanol–water partition coefficient (Wildman–Crippen LogP) is 4.71. The fraction of sp³-hybridized carbons (Fsp3) is 0.118. The molecule has 2 aromatic carbocycles. The average molecular weight is 327 g/mol. The Morgan fingerprint density at radius 2 is 1.80 bits per heavy atom. The lowest BCUT2D eigenvalue weighted by atomic mass is 9.99. The number of anilines is 1. The summed E-state index contributed by atoms with van der Waals surface area (Å²) in [5.74, 6) is 0. The van der Waals surface area contributed by atoms with Crippen molar-refractivity contribution in [3.05, 3.63) is 60.8 Å². The maximum atomic E-state index is 4.52. The van der Waals surface area contributed by atoms with E-state index < -0.39 is 0 Å². The Bertz CT molecular complexity index is 711. The highest BCUT2D eigenvalue weighted by Crippen LogP contribution is 2.34. The highest BCUT2D eigenvalue weighted by molar-refractivity contribution is 9.09. The largest absolute Gasteiger partial charge is 0.384 e. The molecule has 0 saturated heterocycles. The molecule has 0 saturated carbocycles. The van der Waals surface area contributed by atoms with Gasteiger partial charge in [0.2, 0.25) is 0 Å². The van der Waals surface area contributed by atoms with Crippen LogP contribution in [0.25, 0.3) is 22.0 Å². The van der Waals surface area contributed by atoms with E-state index in [9.17, 15) is 0 Å². The number of hydrogen-bond donors (Lipinski definition) is 1. The van der Waals surface area contributed by atoms with Crippen molar-refractivity contribution in [2.24, 2.45) is 0 Å². The van der Waals surface area contributed by atoms with Crippen molar-refractivity contribution in [1.82, 2.24) is 4.98 Å². The minimum Gasteiger partial charge on any atom is -0.384 e. The Morgan fingerprint density at radius 3 is 2.60 bits per heavy atom. The molecule has 0 aliphatic rings. The first-order valence-corrected chi connectivity index (χ1v) is 7.75. The summed E-state index contributed by atoms with van der Waals surface area (Å²) in [6.45, 7) is 0.887. The third-order valence-electron chi connectivity index (χ3n) is 3.26. The smallest absolute Gasteiger partial charge is 0.0728 e. The molecular formula is C17H15BrN2. The average Bonchev–Trinajstić information content (AvgIpc) is 2.53. The van der Waals surface area contributed by atoms with Crippen LogP contribution in [-0.4, -0.2) is 16.9 Å². The van der Waals surface area contributed by atoms with Gasteiger partial charge in [-0.05, 0) is 29.0 Å². The van der Waals surface area contributed by atoms with Gasteiger partial charge in [0.25, 0.3) is 0 Å². The summed E-state index contributed by atoms with van der Waals surface area (Å²) in [7, 11) is 0.